The molecule has 2 rings (SSSR count). The fraction of sp³-hybridized carbons (Fsp3) is 0.294. The predicted octanol–water partition coefficient (Wildman–Crippen LogP) is 3.54. The largest absolute Gasteiger partial charge is 0.494 e. The van der Waals surface area contributed by atoms with E-state index in [2.05, 4.69) is 0 Å². The zero-order chi connectivity index (χ0) is 14.4. The van der Waals surface area contributed by atoms with Crippen LogP contribution in [0.1, 0.15) is 24.0 Å². The molecule has 20 heavy (non-hydrogen) atoms. The van der Waals surface area contributed by atoms with Gasteiger partial charge in [0.15, 0.2) is 0 Å². The van der Waals surface area contributed by atoms with Crippen molar-refractivity contribution in [3.05, 3.63) is 65.5 Å². The fourth-order valence-corrected chi connectivity index (χ4v) is 2.26. The molecule has 2 aromatic carbocycles. The van der Waals surface area contributed by atoms with Crippen LogP contribution in [-0.2, 0) is 6.42 Å². The van der Waals surface area contributed by atoms with Gasteiger partial charge in [-0.2, -0.15) is 0 Å². The van der Waals surface area contributed by atoms with Gasteiger partial charge >= 0.3 is 0 Å². The zero-order valence-corrected chi connectivity index (χ0v) is 11.6. The summed E-state index contributed by atoms with van der Waals surface area (Å²) in [4.78, 5) is 0. The van der Waals surface area contributed by atoms with Crippen LogP contribution in [0.5, 0.6) is 5.75 Å². The van der Waals surface area contributed by atoms with Gasteiger partial charge in [-0.1, -0.05) is 30.3 Å². The van der Waals surface area contributed by atoms with Crippen molar-refractivity contribution in [2.24, 2.45) is 0 Å². The molecule has 1 atom stereocenters. The van der Waals surface area contributed by atoms with Crippen LogP contribution in [-0.4, -0.2) is 18.3 Å². The fourth-order valence-electron chi connectivity index (χ4n) is 2.26. The van der Waals surface area contributed by atoms with Crippen LogP contribution >= 0.6 is 0 Å². The van der Waals surface area contributed by atoms with Crippen LogP contribution in [0.15, 0.2) is 48.5 Å². The first-order valence-corrected chi connectivity index (χ1v) is 6.81. The first-order chi connectivity index (χ1) is 9.74. The van der Waals surface area contributed by atoms with Crippen molar-refractivity contribution in [3.63, 3.8) is 0 Å². The van der Waals surface area contributed by atoms with Gasteiger partial charge in [0, 0.05) is 5.92 Å². The molecule has 1 N–H and O–H groups in total. The predicted molar refractivity (Wildman–Crippen MR) is 77.5 cm³/mol. The number of hydrogen-bond donors (Lipinski definition) is 1. The molecule has 0 heterocycles. The Kier molecular flexibility index (Phi) is 5.13. The second-order valence-electron chi connectivity index (χ2n) is 4.68. The molecule has 2 nitrogen and oxygen atoms in total. The van der Waals surface area contributed by atoms with E-state index in [0.29, 0.717) is 13.0 Å². The van der Waals surface area contributed by atoms with Crippen LogP contribution in [0.25, 0.3) is 0 Å². The third kappa shape index (κ3) is 3.58. The van der Waals surface area contributed by atoms with Crippen LogP contribution in [0.2, 0.25) is 0 Å². The molecule has 0 aromatic heterocycles. The van der Waals surface area contributed by atoms with E-state index in [0.717, 1.165) is 16.9 Å². The maximum absolute atomic E-state index is 13.0. The van der Waals surface area contributed by atoms with Crippen molar-refractivity contribution in [2.45, 2.75) is 19.3 Å². The van der Waals surface area contributed by atoms with E-state index in [-0.39, 0.29) is 18.3 Å². The summed E-state index contributed by atoms with van der Waals surface area (Å²) >= 11 is 0. The minimum atomic E-state index is -0.264. The van der Waals surface area contributed by atoms with Gasteiger partial charge in [-0.3, -0.25) is 0 Å². The Morgan fingerprint density at radius 3 is 2.45 bits per heavy atom. The third-order valence-corrected chi connectivity index (χ3v) is 3.30. The van der Waals surface area contributed by atoms with Crippen molar-refractivity contribution in [1.29, 1.82) is 0 Å². The Hall–Kier alpha value is -1.87. The van der Waals surface area contributed by atoms with Gasteiger partial charge in [0.2, 0.25) is 0 Å². The molecule has 0 saturated carbocycles. The highest BCUT2D eigenvalue weighted by molar-refractivity contribution is 5.35. The molecule has 1 unspecified atom stereocenters. The molecule has 0 radical (unpaired) electrons. The van der Waals surface area contributed by atoms with Gasteiger partial charge in [0.25, 0.3) is 0 Å². The summed E-state index contributed by atoms with van der Waals surface area (Å²) in [5, 5.41) is 9.60. The minimum absolute atomic E-state index is 0.0199. The van der Waals surface area contributed by atoms with Gasteiger partial charge in [-0.05, 0) is 42.7 Å². The van der Waals surface area contributed by atoms with E-state index < -0.39 is 0 Å². The molecule has 0 saturated heterocycles. The maximum atomic E-state index is 13.0. The van der Waals surface area contributed by atoms with E-state index in [9.17, 15) is 9.50 Å². The highest BCUT2D eigenvalue weighted by atomic mass is 19.1. The summed E-state index contributed by atoms with van der Waals surface area (Å²) in [7, 11) is 0. The molecular formula is C17H19FO2. The summed E-state index contributed by atoms with van der Waals surface area (Å²) < 4.78 is 18.6. The number of aliphatic hydroxyl groups is 1. The number of rotatable bonds is 6. The lowest BCUT2D eigenvalue weighted by atomic mass is 9.92. The lowest BCUT2D eigenvalue weighted by Crippen LogP contribution is -2.09. The van der Waals surface area contributed by atoms with Crippen molar-refractivity contribution in [3.8, 4) is 5.75 Å². The summed E-state index contributed by atoms with van der Waals surface area (Å²) in [6.45, 7) is 2.57. The summed E-state index contributed by atoms with van der Waals surface area (Å²) in [5.41, 5.74) is 1.98. The first-order valence-electron chi connectivity index (χ1n) is 6.81. The van der Waals surface area contributed by atoms with Gasteiger partial charge < -0.3 is 9.84 Å². The maximum Gasteiger partial charge on any atom is 0.123 e. The van der Waals surface area contributed by atoms with E-state index in [1.807, 2.05) is 31.2 Å². The minimum Gasteiger partial charge on any atom is -0.494 e. The topological polar surface area (TPSA) is 29.5 Å². The Balaban J connectivity index is 2.20. The highest BCUT2D eigenvalue weighted by Gasteiger charge is 2.14. The standard InChI is InChI=1S/C17H19FO2/c1-2-20-17-6-4-3-5-14(17)11-15(12-19)13-7-9-16(18)10-8-13/h3-10,15,19H,2,11-12H2,1H3. The number of ether oxygens (including phenoxy) is 1. The molecule has 0 bridgehead atoms. The van der Waals surface area contributed by atoms with E-state index in [4.69, 9.17) is 4.74 Å². The Morgan fingerprint density at radius 2 is 1.80 bits per heavy atom. The number of aliphatic hydroxyl groups excluding tert-OH is 1. The van der Waals surface area contributed by atoms with E-state index >= 15 is 0 Å². The lowest BCUT2D eigenvalue weighted by Gasteiger charge is -2.17. The molecule has 2 aromatic rings. The lowest BCUT2D eigenvalue weighted by molar-refractivity contribution is 0.262. The molecular weight excluding hydrogens is 255 g/mol. The van der Waals surface area contributed by atoms with Crippen LogP contribution in [0.3, 0.4) is 0 Å². The first kappa shape index (κ1) is 14.5. The van der Waals surface area contributed by atoms with Crippen molar-refractivity contribution >= 4 is 0 Å². The molecule has 0 aliphatic heterocycles. The smallest absolute Gasteiger partial charge is 0.123 e. The zero-order valence-electron chi connectivity index (χ0n) is 11.6. The second-order valence-corrected chi connectivity index (χ2v) is 4.68. The Labute approximate surface area is 118 Å². The number of para-hydroxylation sites is 1. The van der Waals surface area contributed by atoms with E-state index in [1.165, 1.54) is 12.1 Å². The van der Waals surface area contributed by atoms with Crippen molar-refractivity contribution in [1.82, 2.24) is 0 Å². The van der Waals surface area contributed by atoms with Crippen LogP contribution < -0.4 is 4.74 Å². The average Bonchev–Trinajstić information content (AvgIpc) is 2.48. The SMILES string of the molecule is CCOc1ccccc1CC(CO)c1ccc(F)cc1. The van der Waals surface area contributed by atoms with Gasteiger partial charge in [0.05, 0.1) is 13.2 Å². The van der Waals surface area contributed by atoms with Crippen molar-refractivity contribution in [2.75, 3.05) is 13.2 Å². The summed E-state index contributed by atoms with van der Waals surface area (Å²) in [6, 6.07) is 14.1. The Bertz CT molecular complexity index is 537. The Morgan fingerprint density at radius 1 is 1.10 bits per heavy atom. The van der Waals surface area contributed by atoms with Crippen LogP contribution in [0.4, 0.5) is 4.39 Å². The van der Waals surface area contributed by atoms with Gasteiger partial charge in [-0.25, -0.2) is 4.39 Å². The monoisotopic (exact) mass is 274 g/mol. The van der Waals surface area contributed by atoms with E-state index in [1.54, 1.807) is 12.1 Å². The van der Waals surface area contributed by atoms with Crippen molar-refractivity contribution < 1.29 is 14.2 Å². The molecule has 3 heteroatoms. The molecule has 0 spiro atoms. The normalized spacial score (nSPS) is 12.2. The molecule has 106 valence electrons. The van der Waals surface area contributed by atoms with Gasteiger partial charge in [-0.15, -0.1) is 0 Å². The van der Waals surface area contributed by atoms with Crippen LogP contribution in [0, 0.1) is 5.82 Å². The summed E-state index contributed by atoms with van der Waals surface area (Å²) in [6.07, 6.45) is 0.665. The molecule has 0 fully saturated rings. The molecule has 0 aliphatic rings. The number of halogens is 1. The average molecular weight is 274 g/mol. The molecule has 0 aliphatic carbocycles. The highest BCUT2D eigenvalue weighted by Crippen LogP contribution is 2.26. The van der Waals surface area contributed by atoms with Gasteiger partial charge in [0.1, 0.15) is 11.6 Å². The quantitative estimate of drug-likeness (QED) is 0.873. The molecule has 0 amide bonds. The summed E-state index contributed by atoms with van der Waals surface area (Å²) in [5.74, 6) is 0.521. The number of hydrogen-bond acceptors (Lipinski definition) is 2. The number of benzene rings is 2. The third-order valence-electron chi connectivity index (χ3n) is 3.30. The second kappa shape index (κ2) is 7.06.